The molecule has 0 spiro atoms. The molecule has 0 amide bonds. The average Bonchev–Trinajstić information content (AvgIpc) is 2.77. The molecule has 0 aliphatic rings. The summed E-state index contributed by atoms with van der Waals surface area (Å²) in [5.41, 5.74) is 3.71. The van der Waals surface area contributed by atoms with Crippen LogP contribution in [-0.2, 0) is 0 Å². The SMILES string of the molecule is c1ccc(-c2ccc3[te]cnc3c2)cc1. The molecule has 15 heavy (non-hydrogen) atoms. The van der Waals surface area contributed by atoms with Crippen LogP contribution in [0.1, 0.15) is 0 Å². The van der Waals surface area contributed by atoms with Gasteiger partial charge in [0.1, 0.15) is 0 Å². The minimum absolute atomic E-state index is 0.121. The molecule has 0 saturated carbocycles. The Kier molecular flexibility index (Phi) is 2.32. The predicted molar refractivity (Wildman–Crippen MR) is 64.1 cm³/mol. The van der Waals surface area contributed by atoms with E-state index in [0.717, 1.165) is 0 Å². The monoisotopic (exact) mass is 309 g/mol. The van der Waals surface area contributed by atoms with Crippen molar-refractivity contribution in [2.75, 3.05) is 0 Å². The molecule has 2 heteroatoms. The van der Waals surface area contributed by atoms with Crippen LogP contribution in [-0.4, -0.2) is 25.4 Å². The number of aromatic nitrogens is 1. The third-order valence-corrected chi connectivity index (χ3v) is 4.75. The van der Waals surface area contributed by atoms with Gasteiger partial charge in [-0.2, -0.15) is 0 Å². The Balaban J connectivity index is 2.19. The molecule has 1 aromatic heterocycles. The molecule has 0 fully saturated rings. The Labute approximate surface area is 98.0 Å². The summed E-state index contributed by atoms with van der Waals surface area (Å²) in [6.07, 6.45) is 0. The third kappa shape index (κ3) is 1.71. The number of benzene rings is 2. The van der Waals surface area contributed by atoms with Gasteiger partial charge in [0.25, 0.3) is 0 Å². The molecule has 0 aliphatic heterocycles. The van der Waals surface area contributed by atoms with Gasteiger partial charge in [0.15, 0.2) is 0 Å². The van der Waals surface area contributed by atoms with Crippen LogP contribution >= 0.6 is 0 Å². The van der Waals surface area contributed by atoms with E-state index in [4.69, 9.17) is 0 Å². The van der Waals surface area contributed by atoms with Gasteiger partial charge in [-0.1, -0.05) is 0 Å². The van der Waals surface area contributed by atoms with Crippen molar-refractivity contribution in [3.8, 4) is 11.1 Å². The van der Waals surface area contributed by atoms with Crippen LogP contribution in [0.25, 0.3) is 20.0 Å². The predicted octanol–water partition coefficient (Wildman–Crippen LogP) is 2.96. The first kappa shape index (κ1) is 9.15. The van der Waals surface area contributed by atoms with Crippen LogP contribution in [0.5, 0.6) is 0 Å². The summed E-state index contributed by atoms with van der Waals surface area (Å²) in [5.74, 6) is 0. The second-order valence-corrected chi connectivity index (χ2v) is 5.93. The molecule has 72 valence electrons. The second-order valence-electron chi connectivity index (χ2n) is 3.40. The van der Waals surface area contributed by atoms with Gasteiger partial charge in [-0.15, -0.1) is 0 Å². The van der Waals surface area contributed by atoms with Crippen molar-refractivity contribution >= 4 is 29.3 Å². The van der Waals surface area contributed by atoms with Crippen molar-refractivity contribution in [2.45, 2.75) is 0 Å². The van der Waals surface area contributed by atoms with Crippen molar-refractivity contribution in [3.05, 3.63) is 52.7 Å². The van der Waals surface area contributed by atoms with Gasteiger partial charge in [-0.05, 0) is 0 Å². The molecule has 3 aromatic rings. The van der Waals surface area contributed by atoms with E-state index in [1.54, 1.807) is 0 Å². The van der Waals surface area contributed by atoms with Crippen molar-refractivity contribution in [2.24, 2.45) is 0 Å². The average molecular weight is 307 g/mol. The molecule has 0 bridgehead atoms. The maximum absolute atomic E-state index is 4.42. The fraction of sp³-hybridized carbons (Fsp3) is 0. The normalized spacial score (nSPS) is 10.7. The van der Waals surface area contributed by atoms with Crippen molar-refractivity contribution < 1.29 is 0 Å². The Bertz CT molecular complexity index is 584. The third-order valence-electron chi connectivity index (χ3n) is 2.44. The zero-order valence-electron chi connectivity index (χ0n) is 8.05. The summed E-state index contributed by atoms with van der Waals surface area (Å²) in [6, 6.07) is 17.1. The molecular formula is C13H9NTe. The van der Waals surface area contributed by atoms with E-state index in [1.807, 2.05) is 6.07 Å². The Hall–Kier alpha value is -1.10. The molecule has 0 atom stereocenters. The van der Waals surface area contributed by atoms with Gasteiger partial charge >= 0.3 is 98.2 Å². The van der Waals surface area contributed by atoms with Gasteiger partial charge < -0.3 is 0 Å². The van der Waals surface area contributed by atoms with E-state index in [0.29, 0.717) is 0 Å². The summed E-state index contributed by atoms with van der Waals surface area (Å²) in [7, 11) is 0. The Morgan fingerprint density at radius 3 is 2.60 bits per heavy atom. The first-order valence-corrected chi connectivity index (χ1v) is 7.33. The molecule has 1 heterocycles. The molecule has 0 unspecified atom stereocenters. The first-order valence-electron chi connectivity index (χ1n) is 4.82. The fourth-order valence-corrected chi connectivity index (χ4v) is 3.55. The number of hydrogen-bond acceptors (Lipinski definition) is 1. The number of hydrogen-bond donors (Lipinski definition) is 0. The molecule has 0 N–H and O–H groups in total. The van der Waals surface area contributed by atoms with Crippen LogP contribution in [0.4, 0.5) is 0 Å². The fourth-order valence-electron chi connectivity index (χ4n) is 1.67. The summed E-state index contributed by atoms with van der Waals surface area (Å²) in [6.45, 7) is 0. The van der Waals surface area contributed by atoms with Gasteiger partial charge in [0, 0.05) is 0 Å². The molecule has 0 aliphatic carbocycles. The van der Waals surface area contributed by atoms with Crippen LogP contribution in [0, 0.1) is 0 Å². The molecule has 3 rings (SSSR count). The first-order chi connectivity index (χ1) is 7.43. The van der Waals surface area contributed by atoms with E-state index in [9.17, 15) is 0 Å². The van der Waals surface area contributed by atoms with E-state index >= 15 is 0 Å². The topological polar surface area (TPSA) is 12.9 Å². The van der Waals surface area contributed by atoms with Crippen LogP contribution < -0.4 is 0 Å². The van der Waals surface area contributed by atoms with E-state index in [1.165, 1.54) is 20.0 Å². The number of nitrogens with zero attached hydrogens (tertiary/aromatic N) is 1. The summed E-state index contributed by atoms with van der Waals surface area (Å²) >= 11 is -0.121. The van der Waals surface area contributed by atoms with Gasteiger partial charge in [-0.3, -0.25) is 0 Å². The second kappa shape index (κ2) is 3.81. The zero-order valence-corrected chi connectivity index (χ0v) is 10.4. The zero-order chi connectivity index (χ0) is 10.1. The molecule has 2 aromatic carbocycles. The Morgan fingerprint density at radius 1 is 0.867 bits per heavy atom. The molecular weight excluding hydrogens is 298 g/mol. The molecule has 1 nitrogen and oxygen atoms in total. The summed E-state index contributed by atoms with van der Waals surface area (Å²) < 4.78 is 3.56. The van der Waals surface area contributed by atoms with Crippen molar-refractivity contribution in [3.63, 3.8) is 0 Å². The van der Waals surface area contributed by atoms with Crippen molar-refractivity contribution in [1.29, 1.82) is 0 Å². The molecule has 0 radical (unpaired) electrons. The van der Waals surface area contributed by atoms with Gasteiger partial charge in [-0.25, -0.2) is 0 Å². The minimum atomic E-state index is -0.121. The standard InChI is InChI=1S/C13H9NTe/c1-2-4-10(5-3-1)11-6-7-13-12(8-11)14-9-15-13/h1-9H. The van der Waals surface area contributed by atoms with E-state index < -0.39 is 0 Å². The number of fused-ring (bicyclic) bond motifs is 1. The van der Waals surface area contributed by atoms with E-state index in [2.05, 4.69) is 51.7 Å². The summed E-state index contributed by atoms with van der Waals surface area (Å²) in [5, 5.41) is 0. The van der Waals surface area contributed by atoms with Crippen LogP contribution in [0.3, 0.4) is 0 Å². The van der Waals surface area contributed by atoms with Gasteiger partial charge in [0.2, 0.25) is 0 Å². The maximum atomic E-state index is 4.42. The quantitative estimate of drug-likeness (QED) is 0.630. The van der Waals surface area contributed by atoms with Crippen molar-refractivity contribution in [1.82, 2.24) is 4.98 Å². The number of rotatable bonds is 1. The van der Waals surface area contributed by atoms with E-state index in [-0.39, 0.29) is 20.4 Å². The molecule has 0 saturated heterocycles. The van der Waals surface area contributed by atoms with Crippen LogP contribution in [0.15, 0.2) is 52.7 Å². The van der Waals surface area contributed by atoms with Crippen LogP contribution in [0.2, 0.25) is 0 Å². The summed E-state index contributed by atoms with van der Waals surface area (Å²) in [4.78, 5) is 4.42. The Morgan fingerprint density at radius 2 is 1.73 bits per heavy atom. The van der Waals surface area contributed by atoms with Gasteiger partial charge in [0.05, 0.1) is 0 Å².